The van der Waals surface area contributed by atoms with Crippen molar-refractivity contribution in [1.29, 1.82) is 0 Å². The zero-order chi connectivity index (χ0) is 19.9. The van der Waals surface area contributed by atoms with Crippen LogP contribution in [0.4, 0.5) is 8.78 Å². The van der Waals surface area contributed by atoms with Gasteiger partial charge in [-0.05, 0) is 29.8 Å². The van der Waals surface area contributed by atoms with E-state index in [2.05, 4.69) is 5.43 Å². The molecule has 2 amide bonds. The summed E-state index contributed by atoms with van der Waals surface area (Å²) in [5.41, 5.74) is 5.34. The summed E-state index contributed by atoms with van der Waals surface area (Å²) in [6, 6.07) is 19.2. The number of hydrogen-bond donors (Lipinski definition) is 2. The van der Waals surface area contributed by atoms with Crippen LogP contribution >= 0.6 is 0 Å². The van der Waals surface area contributed by atoms with Crippen molar-refractivity contribution in [2.45, 2.75) is 0 Å². The van der Waals surface area contributed by atoms with Gasteiger partial charge >= 0.3 is 0 Å². The highest BCUT2D eigenvalue weighted by Crippen LogP contribution is 2.29. The molecule has 0 saturated carbocycles. The minimum atomic E-state index is -0.977. The minimum absolute atomic E-state index is 0.379. The number of rotatable bonds is 5. The number of hydrazine groups is 1. The van der Waals surface area contributed by atoms with Crippen molar-refractivity contribution in [2.75, 3.05) is 6.61 Å². The molecule has 0 radical (unpaired) electrons. The number of carbonyl (C=O) groups excluding carboxylic acids is 2. The van der Waals surface area contributed by atoms with Crippen LogP contribution in [0.2, 0.25) is 0 Å². The smallest absolute Gasteiger partial charge is 0.276 e. The molecule has 0 bridgehead atoms. The van der Waals surface area contributed by atoms with Crippen LogP contribution in [-0.2, 0) is 4.79 Å². The van der Waals surface area contributed by atoms with Crippen LogP contribution in [0.3, 0.4) is 0 Å². The van der Waals surface area contributed by atoms with Crippen molar-refractivity contribution in [3.63, 3.8) is 0 Å². The van der Waals surface area contributed by atoms with Crippen LogP contribution in [0.1, 0.15) is 10.4 Å². The lowest BCUT2D eigenvalue weighted by atomic mass is 10.1. The quantitative estimate of drug-likeness (QED) is 0.664. The van der Waals surface area contributed by atoms with Crippen molar-refractivity contribution in [2.24, 2.45) is 0 Å². The maximum absolute atomic E-state index is 13.6. The maximum Gasteiger partial charge on any atom is 0.276 e. The van der Waals surface area contributed by atoms with E-state index in [4.69, 9.17) is 4.74 Å². The Labute approximate surface area is 159 Å². The molecule has 3 aromatic carbocycles. The summed E-state index contributed by atoms with van der Waals surface area (Å²) in [4.78, 5) is 23.8. The van der Waals surface area contributed by atoms with Crippen LogP contribution in [0.25, 0.3) is 11.1 Å². The summed E-state index contributed by atoms with van der Waals surface area (Å²) in [7, 11) is 0. The first-order valence-electron chi connectivity index (χ1n) is 8.36. The third-order valence-electron chi connectivity index (χ3n) is 3.82. The molecule has 3 aromatic rings. The highest BCUT2D eigenvalue weighted by atomic mass is 19.1. The molecule has 28 heavy (non-hydrogen) atoms. The van der Waals surface area contributed by atoms with Crippen molar-refractivity contribution in [1.82, 2.24) is 10.9 Å². The molecule has 0 aliphatic rings. The summed E-state index contributed by atoms with van der Waals surface area (Å²) < 4.78 is 32.2. The number of halogens is 2. The molecule has 3 rings (SSSR count). The molecule has 0 saturated heterocycles. The minimum Gasteiger partial charge on any atom is -0.483 e. The Morgan fingerprint density at radius 2 is 1.57 bits per heavy atom. The first-order valence-corrected chi connectivity index (χ1v) is 8.36. The SMILES string of the molecule is O=C(COc1ccccc1-c1ccccc1)NNC(=O)c1cc(F)ccc1F. The van der Waals surface area contributed by atoms with Crippen LogP contribution < -0.4 is 15.6 Å². The molecule has 0 spiro atoms. The average Bonchev–Trinajstić information content (AvgIpc) is 2.73. The molecule has 142 valence electrons. The zero-order valence-corrected chi connectivity index (χ0v) is 14.6. The monoisotopic (exact) mass is 382 g/mol. The van der Waals surface area contributed by atoms with Crippen molar-refractivity contribution in [3.8, 4) is 16.9 Å². The van der Waals surface area contributed by atoms with Crippen LogP contribution in [0.15, 0.2) is 72.8 Å². The first kappa shape index (κ1) is 19.0. The fraction of sp³-hybridized carbons (Fsp3) is 0.0476. The van der Waals surface area contributed by atoms with E-state index in [1.807, 2.05) is 47.9 Å². The van der Waals surface area contributed by atoms with Crippen molar-refractivity contribution in [3.05, 3.63) is 90.0 Å². The van der Waals surface area contributed by atoms with Gasteiger partial charge in [-0.15, -0.1) is 0 Å². The van der Waals surface area contributed by atoms with E-state index < -0.39 is 29.0 Å². The molecule has 0 aromatic heterocycles. The van der Waals surface area contributed by atoms with E-state index >= 15 is 0 Å². The number of para-hydroxylation sites is 1. The van der Waals surface area contributed by atoms with Crippen molar-refractivity contribution >= 4 is 11.8 Å². The third kappa shape index (κ3) is 4.70. The van der Waals surface area contributed by atoms with Crippen LogP contribution in [0, 0.1) is 11.6 Å². The largest absolute Gasteiger partial charge is 0.483 e. The van der Waals surface area contributed by atoms with E-state index in [-0.39, 0.29) is 6.61 Å². The Morgan fingerprint density at radius 1 is 0.857 bits per heavy atom. The van der Waals surface area contributed by atoms with Crippen LogP contribution in [0.5, 0.6) is 5.75 Å². The Bertz CT molecular complexity index is 994. The Balaban J connectivity index is 1.58. The lowest BCUT2D eigenvalue weighted by Gasteiger charge is -2.12. The standard InChI is InChI=1S/C21H16F2N2O3/c22-15-10-11-18(23)17(12-15)21(27)25-24-20(26)13-28-19-9-5-4-8-16(19)14-6-2-1-3-7-14/h1-12H,13H2,(H,24,26)(H,25,27). The molecular weight excluding hydrogens is 366 g/mol. The van der Waals surface area contributed by atoms with Gasteiger partial charge in [-0.1, -0.05) is 48.5 Å². The van der Waals surface area contributed by atoms with Gasteiger partial charge in [-0.3, -0.25) is 20.4 Å². The average molecular weight is 382 g/mol. The number of ether oxygens (including phenoxy) is 1. The van der Waals surface area contributed by atoms with Gasteiger partial charge in [0.1, 0.15) is 17.4 Å². The predicted octanol–water partition coefficient (Wildman–Crippen LogP) is 3.47. The fourth-order valence-electron chi connectivity index (χ4n) is 2.49. The molecule has 0 aliphatic heterocycles. The third-order valence-corrected chi connectivity index (χ3v) is 3.82. The second kappa shape index (κ2) is 8.77. The van der Waals surface area contributed by atoms with E-state index in [9.17, 15) is 18.4 Å². The summed E-state index contributed by atoms with van der Waals surface area (Å²) in [5, 5.41) is 0. The van der Waals surface area contributed by atoms with Gasteiger partial charge < -0.3 is 4.74 Å². The van der Waals surface area contributed by atoms with Gasteiger partial charge in [0.05, 0.1) is 5.56 Å². The van der Waals surface area contributed by atoms with Gasteiger partial charge in [0.2, 0.25) is 0 Å². The Morgan fingerprint density at radius 3 is 2.36 bits per heavy atom. The first-order chi connectivity index (χ1) is 13.5. The summed E-state index contributed by atoms with van der Waals surface area (Å²) >= 11 is 0. The summed E-state index contributed by atoms with van der Waals surface area (Å²) in [5.74, 6) is -2.81. The van der Waals surface area contributed by atoms with Gasteiger partial charge in [0, 0.05) is 5.56 Å². The van der Waals surface area contributed by atoms with Gasteiger partial charge in [0.25, 0.3) is 11.8 Å². The van der Waals surface area contributed by atoms with Gasteiger partial charge in [-0.25, -0.2) is 8.78 Å². The zero-order valence-electron chi connectivity index (χ0n) is 14.6. The Hall–Kier alpha value is -3.74. The van der Waals surface area contributed by atoms with Crippen LogP contribution in [-0.4, -0.2) is 18.4 Å². The van der Waals surface area contributed by atoms with Crippen molar-refractivity contribution < 1.29 is 23.1 Å². The Kier molecular flexibility index (Phi) is 5.96. The number of amides is 2. The molecular formula is C21H16F2N2O3. The molecule has 0 atom stereocenters. The maximum atomic E-state index is 13.6. The number of hydrogen-bond acceptors (Lipinski definition) is 3. The molecule has 7 heteroatoms. The normalized spacial score (nSPS) is 10.2. The second-order valence-corrected chi connectivity index (χ2v) is 5.78. The van der Waals surface area contributed by atoms with E-state index in [1.54, 1.807) is 12.1 Å². The number of nitrogens with one attached hydrogen (secondary N) is 2. The molecule has 0 aliphatic carbocycles. The second-order valence-electron chi connectivity index (χ2n) is 5.78. The van der Waals surface area contributed by atoms with E-state index in [0.717, 1.165) is 29.3 Å². The lowest BCUT2D eigenvalue weighted by Crippen LogP contribution is -2.44. The molecule has 2 N–H and O–H groups in total. The number of carbonyl (C=O) groups is 2. The molecule has 0 heterocycles. The number of benzene rings is 3. The molecule has 0 fully saturated rings. The van der Waals surface area contributed by atoms with Gasteiger partial charge in [-0.2, -0.15) is 0 Å². The van der Waals surface area contributed by atoms with Gasteiger partial charge in [0.15, 0.2) is 6.61 Å². The van der Waals surface area contributed by atoms with E-state index in [0.29, 0.717) is 5.75 Å². The topological polar surface area (TPSA) is 67.4 Å². The predicted molar refractivity (Wildman–Crippen MR) is 99.3 cm³/mol. The summed E-state index contributed by atoms with van der Waals surface area (Å²) in [6.45, 7) is -0.379. The molecule has 0 unspecified atom stereocenters. The lowest BCUT2D eigenvalue weighted by molar-refractivity contribution is -0.123. The summed E-state index contributed by atoms with van der Waals surface area (Å²) in [6.07, 6.45) is 0. The fourth-order valence-corrected chi connectivity index (χ4v) is 2.49. The highest BCUT2D eigenvalue weighted by Gasteiger charge is 2.14. The molecule has 5 nitrogen and oxygen atoms in total. The highest BCUT2D eigenvalue weighted by molar-refractivity contribution is 5.95. The van der Waals surface area contributed by atoms with E-state index in [1.165, 1.54) is 0 Å².